The number of carbonyl (C=O) groups is 2. The predicted molar refractivity (Wildman–Crippen MR) is 99.1 cm³/mol. The molecule has 2 N–H and O–H groups in total. The molecule has 1 aromatic heterocycles. The zero-order valence-corrected chi connectivity index (χ0v) is 15.1. The van der Waals surface area contributed by atoms with E-state index in [1.165, 1.54) is 0 Å². The van der Waals surface area contributed by atoms with E-state index in [4.69, 9.17) is 0 Å². The predicted octanol–water partition coefficient (Wildman–Crippen LogP) is 2.68. The minimum Gasteiger partial charge on any atom is -0.350 e. The minimum absolute atomic E-state index is 0.0342. The molecule has 2 aromatic rings. The van der Waals surface area contributed by atoms with Gasteiger partial charge in [0.2, 0.25) is 11.8 Å². The molecule has 0 aliphatic carbocycles. The summed E-state index contributed by atoms with van der Waals surface area (Å²) in [4.78, 5) is 24.3. The molecule has 0 saturated heterocycles. The fourth-order valence-corrected chi connectivity index (χ4v) is 3.77. The van der Waals surface area contributed by atoms with Gasteiger partial charge in [0.05, 0.1) is 5.69 Å². The van der Waals surface area contributed by atoms with Gasteiger partial charge in [0, 0.05) is 30.0 Å². The van der Waals surface area contributed by atoms with Gasteiger partial charge in [-0.2, -0.15) is 16.9 Å². The lowest BCUT2D eigenvalue weighted by Crippen LogP contribution is -2.28. The third kappa shape index (κ3) is 4.42. The van der Waals surface area contributed by atoms with Crippen molar-refractivity contribution in [1.29, 1.82) is 0 Å². The molecule has 25 heavy (non-hydrogen) atoms. The van der Waals surface area contributed by atoms with Crippen LogP contribution in [0.25, 0.3) is 0 Å². The number of thioether (sulfide) groups is 1. The number of fused-ring (bicyclic) bond motifs is 1. The van der Waals surface area contributed by atoms with Crippen LogP contribution >= 0.6 is 11.8 Å². The summed E-state index contributed by atoms with van der Waals surface area (Å²) >= 11 is 1.77. The second kappa shape index (κ2) is 8.20. The summed E-state index contributed by atoms with van der Waals surface area (Å²) in [5.41, 5.74) is 3.06. The average molecular weight is 358 g/mol. The van der Waals surface area contributed by atoms with E-state index in [1.54, 1.807) is 16.4 Å². The van der Waals surface area contributed by atoms with Crippen molar-refractivity contribution in [1.82, 2.24) is 15.1 Å². The molecule has 3 rings (SSSR count). The van der Waals surface area contributed by atoms with Crippen molar-refractivity contribution in [2.24, 2.45) is 0 Å². The monoisotopic (exact) mass is 358 g/mol. The van der Waals surface area contributed by atoms with Crippen LogP contribution < -0.4 is 10.6 Å². The Balaban J connectivity index is 1.67. The number of nitrogens with zero attached hydrogens (tertiary/aromatic N) is 2. The van der Waals surface area contributed by atoms with Crippen LogP contribution in [-0.2, 0) is 34.2 Å². The average Bonchev–Trinajstić information content (AvgIpc) is 3.17. The molecule has 0 radical (unpaired) electrons. The van der Waals surface area contributed by atoms with E-state index in [9.17, 15) is 9.59 Å². The summed E-state index contributed by atoms with van der Waals surface area (Å²) in [5, 5.41) is 10.4. The van der Waals surface area contributed by atoms with Gasteiger partial charge in [-0.15, -0.1) is 0 Å². The molecule has 132 valence electrons. The van der Waals surface area contributed by atoms with Crippen LogP contribution in [0.1, 0.15) is 36.6 Å². The molecule has 0 bridgehead atoms. The second-order valence-corrected chi connectivity index (χ2v) is 6.97. The smallest absolute Gasteiger partial charge is 0.242 e. The molecule has 0 spiro atoms. The van der Waals surface area contributed by atoms with Crippen molar-refractivity contribution in [2.45, 2.75) is 44.4 Å². The zero-order chi connectivity index (χ0) is 17.6. The van der Waals surface area contributed by atoms with E-state index in [0.29, 0.717) is 18.8 Å². The van der Waals surface area contributed by atoms with Crippen LogP contribution in [-0.4, -0.2) is 21.6 Å². The second-order valence-electron chi connectivity index (χ2n) is 5.98. The van der Waals surface area contributed by atoms with Gasteiger partial charge in [-0.05, 0) is 12.0 Å². The van der Waals surface area contributed by atoms with Crippen LogP contribution in [0.4, 0.5) is 5.82 Å². The number of rotatable bonds is 7. The molecular formula is C18H22N4O2S. The Kier molecular flexibility index (Phi) is 5.75. The molecule has 2 heterocycles. The Hall–Kier alpha value is -2.28. The third-order valence-electron chi connectivity index (χ3n) is 3.98. The summed E-state index contributed by atoms with van der Waals surface area (Å²) in [7, 11) is 0. The van der Waals surface area contributed by atoms with Crippen LogP contribution in [0.2, 0.25) is 0 Å². The van der Waals surface area contributed by atoms with Crippen molar-refractivity contribution < 1.29 is 9.59 Å². The Morgan fingerprint density at radius 2 is 2.00 bits per heavy atom. The van der Waals surface area contributed by atoms with E-state index in [-0.39, 0.29) is 18.4 Å². The third-order valence-corrected chi connectivity index (χ3v) is 4.95. The Morgan fingerprint density at radius 1 is 1.20 bits per heavy atom. The van der Waals surface area contributed by atoms with Crippen molar-refractivity contribution in [3.63, 3.8) is 0 Å². The van der Waals surface area contributed by atoms with Gasteiger partial charge in [0.25, 0.3) is 0 Å². The van der Waals surface area contributed by atoms with Crippen LogP contribution in [0, 0.1) is 0 Å². The van der Waals surface area contributed by atoms with E-state index in [0.717, 1.165) is 34.7 Å². The van der Waals surface area contributed by atoms with Crippen LogP contribution in [0.5, 0.6) is 0 Å². The quantitative estimate of drug-likeness (QED) is 0.798. The van der Waals surface area contributed by atoms with E-state index >= 15 is 0 Å². The van der Waals surface area contributed by atoms with Gasteiger partial charge >= 0.3 is 0 Å². The summed E-state index contributed by atoms with van der Waals surface area (Å²) < 4.78 is 1.62. The number of hydrogen-bond donors (Lipinski definition) is 2. The lowest BCUT2D eigenvalue weighted by Gasteiger charge is -2.11. The number of hydrogen-bond acceptors (Lipinski definition) is 4. The summed E-state index contributed by atoms with van der Waals surface area (Å²) in [6.45, 7) is 2.55. The number of carbonyl (C=O) groups excluding carboxylic acids is 2. The Bertz CT molecular complexity index is 758. The fraction of sp³-hybridized carbons (Fsp3) is 0.389. The maximum atomic E-state index is 12.3. The molecule has 0 atom stereocenters. The van der Waals surface area contributed by atoms with Crippen molar-refractivity contribution in [3.05, 3.63) is 47.2 Å². The highest BCUT2D eigenvalue weighted by atomic mass is 32.2. The first-order valence-electron chi connectivity index (χ1n) is 8.44. The highest BCUT2D eigenvalue weighted by Gasteiger charge is 2.24. The maximum Gasteiger partial charge on any atom is 0.242 e. The molecule has 0 unspecified atom stereocenters. The molecule has 7 heteroatoms. The van der Waals surface area contributed by atoms with Gasteiger partial charge in [0.1, 0.15) is 12.4 Å². The van der Waals surface area contributed by atoms with Crippen LogP contribution in [0.3, 0.4) is 0 Å². The van der Waals surface area contributed by atoms with Gasteiger partial charge in [-0.1, -0.05) is 37.3 Å². The highest BCUT2D eigenvalue weighted by Crippen LogP contribution is 2.34. The SMILES string of the molecule is CCCC(=O)Nc1c2c(nn1CC(=O)NCc1ccccc1)CSC2. The largest absolute Gasteiger partial charge is 0.350 e. The first-order chi connectivity index (χ1) is 12.2. The summed E-state index contributed by atoms with van der Waals surface area (Å²) in [5.74, 6) is 2.16. The first kappa shape index (κ1) is 17.5. The lowest BCUT2D eigenvalue weighted by atomic mass is 10.2. The van der Waals surface area contributed by atoms with Crippen molar-refractivity contribution in [2.75, 3.05) is 5.32 Å². The molecule has 1 aliphatic rings. The van der Waals surface area contributed by atoms with Gasteiger partial charge < -0.3 is 10.6 Å². The highest BCUT2D eigenvalue weighted by molar-refractivity contribution is 7.98. The number of aromatic nitrogens is 2. The summed E-state index contributed by atoms with van der Waals surface area (Å²) in [6.07, 6.45) is 1.25. The Labute approximate surface area is 151 Å². The topological polar surface area (TPSA) is 76.0 Å². The number of amides is 2. The molecule has 0 fully saturated rings. The van der Waals surface area contributed by atoms with Crippen LogP contribution in [0.15, 0.2) is 30.3 Å². The van der Waals surface area contributed by atoms with E-state index in [2.05, 4.69) is 15.7 Å². The molecule has 2 amide bonds. The number of nitrogens with one attached hydrogen (secondary N) is 2. The van der Waals surface area contributed by atoms with Gasteiger partial charge in [0.15, 0.2) is 0 Å². The maximum absolute atomic E-state index is 12.3. The summed E-state index contributed by atoms with van der Waals surface area (Å²) in [6, 6.07) is 9.77. The standard InChI is InChI=1S/C18H22N4O2S/c1-2-6-16(23)20-18-14-11-25-12-15(14)21-22(18)10-17(24)19-9-13-7-4-3-5-8-13/h3-5,7-8H,2,6,9-12H2,1H3,(H,19,24)(H,20,23). The molecule has 1 aromatic carbocycles. The fourth-order valence-electron chi connectivity index (χ4n) is 2.73. The molecule has 1 aliphatic heterocycles. The lowest BCUT2D eigenvalue weighted by molar-refractivity contribution is -0.122. The van der Waals surface area contributed by atoms with E-state index < -0.39 is 0 Å². The van der Waals surface area contributed by atoms with Crippen molar-refractivity contribution >= 4 is 29.4 Å². The minimum atomic E-state index is -0.122. The van der Waals surface area contributed by atoms with E-state index in [1.807, 2.05) is 37.3 Å². The number of anilines is 1. The molecule has 0 saturated carbocycles. The molecular weight excluding hydrogens is 336 g/mol. The normalized spacial score (nSPS) is 12.7. The van der Waals surface area contributed by atoms with Gasteiger partial charge in [-0.25, -0.2) is 4.68 Å². The first-order valence-corrected chi connectivity index (χ1v) is 9.59. The number of benzene rings is 1. The van der Waals surface area contributed by atoms with Crippen molar-refractivity contribution in [3.8, 4) is 0 Å². The Morgan fingerprint density at radius 3 is 2.76 bits per heavy atom. The van der Waals surface area contributed by atoms with Gasteiger partial charge in [-0.3, -0.25) is 9.59 Å². The zero-order valence-electron chi connectivity index (χ0n) is 14.2. The molecule has 6 nitrogen and oxygen atoms in total.